The van der Waals surface area contributed by atoms with E-state index in [0.717, 1.165) is 0 Å². The van der Waals surface area contributed by atoms with Crippen molar-refractivity contribution in [2.45, 2.75) is 5.60 Å². The number of aryl methyl sites for hydroxylation is 1. The Kier molecular flexibility index (Phi) is 1.21. The van der Waals surface area contributed by atoms with Gasteiger partial charge in [-0.25, -0.2) is 4.68 Å². The minimum Gasteiger partial charge on any atom is -0.379 e. The second-order valence-corrected chi connectivity index (χ2v) is 2.76. The van der Waals surface area contributed by atoms with Crippen LogP contribution in [0.25, 0.3) is 0 Å². The van der Waals surface area contributed by atoms with E-state index in [2.05, 4.69) is 20.8 Å². The molecule has 1 saturated heterocycles. The van der Waals surface area contributed by atoms with Gasteiger partial charge in [0, 0.05) is 20.1 Å². The monoisotopic (exact) mass is 155 g/mol. The molecule has 60 valence electrons. The zero-order valence-electron chi connectivity index (χ0n) is 6.15. The van der Waals surface area contributed by atoms with Crippen LogP contribution in [-0.4, -0.2) is 38.4 Å². The van der Waals surface area contributed by atoms with Crippen LogP contribution in [0, 0.1) is 0 Å². The Bertz CT molecular complexity index is 266. The van der Waals surface area contributed by atoms with E-state index in [-0.39, 0.29) is 0 Å². The third kappa shape index (κ3) is 0.831. The molecular formula is C5H9N5O. The SMILES string of the molecule is Cn1nnnc1C1(O)CNC1. The maximum atomic E-state index is 9.73. The van der Waals surface area contributed by atoms with E-state index < -0.39 is 5.60 Å². The van der Waals surface area contributed by atoms with Crippen LogP contribution < -0.4 is 5.32 Å². The van der Waals surface area contributed by atoms with Crippen molar-refractivity contribution >= 4 is 0 Å². The van der Waals surface area contributed by atoms with Gasteiger partial charge in [0.05, 0.1) is 0 Å². The minimum atomic E-state index is -0.849. The van der Waals surface area contributed by atoms with Crippen LogP contribution in [0.2, 0.25) is 0 Å². The lowest BCUT2D eigenvalue weighted by Crippen LogP contribution is -2.58. The zero-order valence-corrected chi connectivity index (χ0v) is 6.15. The molecule has 11 heavy (non-hydrogen) atoms. The van der Waals surface area contributed by atoms with Gasteiger partial charge in [-0.3, -0.25) is 0 Å². The standard InChI is InChI=1S/C5H9N5O/c1-10-4(7-8-9-10)5(11)2-6-3-5/h6,11H,2-3H2,1H3. The molecule has 0 atom stereocenters. The molecule has 1 fully saturated rings. The molecule has 0 amide bonds. The molecule has 1 aromatic heterocycles. The van der Waals surface area contributed by atoms with Gasteiger partial charge in [0.1, 0.15) is 0 Å². The predicted octanol–water partition coefficient (Wildman–Crippen LogP) is -2.00. The van der Waals surface area contributed by atoms with Crippen molar-refractivity contribution in [3.05, 3.63) is 5.82 Å². The number of rotatable bonds is 1. The molecular weight excluding hydrogens is 146 g/mol. The van der Waals surface area contributed by atoms with Gasteiger partial charge in [-0.1, -0.05) is 0 Å². The first-order valence-electron chi connectivity index (χ1n) is 3.38. The van der Waals surface area contributed by atoms with Crippen LogP contribution in [0.5, 0.6) is 0 Å². The number of nitrogens with one attached hydrogen (secondary N) is 1. The summed E-state index contributed by atoms with van der Waals surface area (Å²) in [5.74, 6) is 0.524. The highest BCUT2D eigenvalue weighted by atomic mass is 16.3. The lowest BCUT2D eigenvalue weighted by atomic mass is 9.96. The van der Waals surface area contributed by atoms with E-state index >= 15 is 0 Å². The number of aromatic nitrogens is 4. The maximum absolute atomic E-state index is 9.73. The van der Waals surface area contributed by atoms with Crippen LogP contribution in [0.15, 0.2) is 0 Å². The summed E-state index contributed by atoms with van der Waals surface area (Å²) < 4.78 is 1.49. The van der Waals surface area contributed by atoms with E-state index in [1.54, 1.807) is 7.05 Å². The molecule has 1 aliphatic heterocycles. The van der Waals surface area contributed by atoms with Crippen molar-refractivity contribution in [2.75, 3.05) is 13.1 Å². The highest BCUT2D eigenvalue weighted by Gasteiger charge is 2.40. The summed E-state index contributed by atoms with van der Waals surface area (Å²) in [4.78, 5) is 0. The van der Waals surface area contributed by atoms with Crippen LogP contribution in [-0.2, 0) is 12.6 Å². The third-order valence-electron chi connectivity index (χ3n) is 1.87. The number of aliphatic hydroxyl groups is 1. The summed E-state index contributed by atoms with van der Waals surface area (Å²) in [5, 5.41) is 23.5. The van der Waals surface area contributed by atoms with Gasteiger partial charge in [-0.2, -0.15) is 0 Å². The van der Waals surface area contributed by atoms with Gasteiger partial charge in [0.25, 0.3) is 0 Å². The summed E-state index contributed by atoms with van der Waals surface area (Å²) in [6.45, 7) is 1.06. The Hall–Kier alpha value is -1.01. The van der Waals surface area contributed by atoms with Crippen molar-refractivity contribution in [3.63, 3.8) is 0 Å². The van der Waals surface area contributed by atoms with Gasteiger partial charge in [0.15, 0.2) is 11.4 Å². The topological polar surface area (TPSA) is 75.9 Å². The van der Waals surface area contributed by atoms with Crippen LogP contribution in [0.4, 0.5) is 0 Å². The van der Waals surface area contributed by atoms with E-state index in [1.165, 1.54) is 4.68 Å². The number of β-amino-alcohol motifs (C(OH)–C–C–N with tert-alkyl or cyclic N) is 1. The highest BCUT2D eigenvalue weighted by Crippen LogP contribution is 2.21. The molecule has 0 aromatic carbocycles. The van der Waals surface area contributed by atoms with E-state index in [4.69, 9.17) is 0 Å². The molecule has 2 rings (SSSR count). The molecule has 0 unspecified atom stereocenters. The molecule has 2 N–H and O–H groups in total. The average Bonchev–Trinajstić information content (AvgIpc) is 2.30. The number of nitrogens with zero attached hydrogens (tertiary/aromatic N) is 4. The summed E-state index contributed by atoms with van der Waals surface area (Å²) >= 11 is 0. The van der Waals surface area contributed by atoms with Gasteiger partial charge >= 0.3 is 0 Å². The maximum Gasteiger partial charge on any atom is 0.185 e. The highest BCUT2D eigenvalue weighted by molar-refractivity contribution is 5.07. The fraction of sp³-hybridized carbons (Fsp3) is 0.800. The normalized spacial score (nSPS) is 21.3. The fourth-order valence-corrected chi connectivity index (χ4v) is 1.14. The van der Waals surface area contributed by atoms with Crippen molar-refractivity contribution in [3.8, 4) is 0 Å². The second kappa shape index (κ2) is 1.99. The minimum absolute atomic E-state index is 0.524. The molecule has 0 saturated carbocycles. The van der Waals surface area contributed by atoms with E-state index in [0.29, 0.717) is 18.9 Å². The Morgan fingerprint density at radius 1 is 1.64 bits per heavy atom. The molecule has 1 aliphatic rings. The Morgan fingerprint density at radius 3 is 2.73 bits per heavy atom. The van der Waals surface area contributed by atoms with Crippen LogP contribution in [0.1, 0.15) is 5.82 Å². The lowest BCUT2D eigenvalue weighted by molar-refractivity contribution is -0.0259. The van der Waals surface area contributed by atoms with E-state index in [9.17, 15) is 5.11 Å². The summed E-state index contributed by atoms with van der Waals surface area (Å²) in [5.41, 5.74) is -0.849. The van der Waals surface area contributed by atoms with Crippen LogP contribution >= 0.6 is 0 Å². The smallest absolute Gasteiger partial charge is 0.185 e. The molecule has 0 bridgehead atoms. The molecule has 0 aliphatic carbocycles. The first-order chi connectivity index (χ1) is 5.22. The van der Waals surface area contributed by atoms with Gasteiger partial charge in [-0.05, 0) is 10.4 Å². The van der Waals surface area contributed by atoms with Crippen LogP contribution in [0.3, 0.4) is 0 Å². The van der Waals surface area contributed by atoms with Gasteiger partial charge in [0.2, 0.25) is 0 Å². The molecule has 0 spiro atoms. The second-order valence-electron chi connectivity index (χ2n) is 2.76. The average molecular weight is 155 g/mol. The summed E-state index contributed by atoms with van der Waals surface area (Å²) in [6, 6.07) is 0. The summed E-state index contributed by atoms with van der Waals surface area (Å²) in [6.07, 6.45) is 0. The fourth-order valence-electron chi connectivity index (χ4n) is 1.14. The van der Waals surface area contributed by atoms with Crippen molar-refractivity contribution in [2.24, 2.45) is 7.05 Å². The van der Waals surface area contributed by atoms with Crippen molar-refractivity contribution in [1.29, 1.82) is 0 Å². The first-order valence-corrected chi connectivity index (χ1v) is 3.38. The zero-order chi connectivity index (χ0) is 7.90. The quantitative estimate of drug-likeness (QED) is 0.490. The number of hydrogen-bond acceptors (Lipinski definition) is 5. The molecule has 0 radical (unpaired) electrons. The Balaban J connectivity index is 2.35. The number of tetrazole rings is 1. The summed E-state index contributed by atoms with van der Waals surface area (Å²) in [7, 11) is 1.71. The first kappa shape index (κ1) is 6.68. The molecule has 1 aromatic rings. The lowest BCUT2D eigenvalue weighted by Gasteiger charge is -2.35. The molecule has 6 heteroatoms. The Labute approximate surface area is 63.2 Å². The van der Waals surface area contributed by atoms with Crippen molar-refractivity contribution < 1.29 is 5.11 Å². The van der Waals surface area contributed by atoms with Crippen molar-refractivity contribution in [1.82, 2.24) is 25.5 Å². The Morgan fingerprint density at radius 2 is 2.36 bits per heavy atom. The number of hydrogen-bond donors (Lipinski definition) is 2. The third-order valence-corrected chi connectivity index (χ3v) is 1.87. The van der Waals surface area contributed by atoms with Gasteiger partial charge in [-0.15, -0.1) is 5.10 Å². The predicted molar refractivity (Wildman–Crippen MR) is 35.6 cm³/mol. The molecule has 6 nitrogen and oxygen atoms in total. The largest absolute Gasteiger partial charge is 0.379 e. The van der Waals surface area contributed by atoms with E-state index in [1.807, 2.05) is 0 Å². The van der Waals surface area contributed by atoms with Gasteiger partial charge < -0.3 is 10.4 Å². The molecule has 2 heterocycles.